The molecule has 0 amide bonds. The molecule has 0 bridgehead atoms. The summed E-state index contributed by atoms with van der Waals surface area (Å²) >= 11 is 0. The first-order valence-electron chi connectivity index (χ1n) is 8.00. The fourth-order valence-electron chi connectivity index (χ4n) is 2.45. The Morgan fingerprint density at radius 1 is 1.26 bits per heavy atom. The van der Waals surface area contributed by atoms with Crippen molar-refractivity contribution in [1.82, 2.24) is 9.55 Å². The average Bonchev–Trinajstić information content (AvgIpc) is 2.83. The summed E-state index contributed by atoms with van der Waals surface area (Å²) in [6.07, 6.45) is 1.83. The molecule has 0 saturated carbocycles. The summed E-state index contributed by atoms with van der Waals surface area (Å²) in [6, 6.07) is 10.4. The maximum atomic E-state index is 6.35. The van der Waals surface area contributed by atoms with E-state index in [4.69, 9.17) is 9.42 Å². The Morgan fingerprint density at radius 3 is 2.43 bits per heavy atom. The number of aryl methyl sites for hydroxylation is 1. The van der Waals surface area contributed by atoms with Crippen molar-refractivity contribution in [2.75, 3.05) is 6.54 Å². The third-order valence-corrected chi connectivity index (χ3v) is 4.73. The number of rotatable bonds is 6. The Hall–Kier alpha value is -1.72. The molecular weight excluding hydrogens is 302 g/mol. The lowest BCUT2D eigenvalue weighted by Crippen LogP contribution is -2.29. The lowest BCUT2D eigenvalue weighted by Gasteiger charge is -2.26. The predicted molar refractivity (Wildman–Crippen MR) is 98.6 cm³/mol. The summed E-state index contributed by atoms with van der Waals surface area (Å²) in [6.45, 7) is 11.3. The number of nitrogens with zero attached hydrogens (tertiary/aromatic N) is 3. The van der Waals surface area contributed by atoms with Gasteiger partial charge in [0.2, 0.25) is 0 Å². The van der Waals surface area contributed by atoms with Crippen LogP contribution in [-0.2, 0) is 11.5 Å². The molecule has 1 aromatic heterocycles. The van der Waals surface area contributed by atoms with E-state index in [0.29, 0.717) is 6.54 Å². The third kappa shape index (κ3) is 4.87. The molecule has 0 radical (unpaired) electrons. The van der Waals surface area contributed by atoms with Crippen LogP contribution in [0.5, 0.6) is 0 Å². The van der Waals surface area contributed by atoms with E-state index in [1.807, 2.05) is 30.9 Å². The van der Waals surface area contributed by atoms with E-state index in [2.05, 4.69) is 55.8 Å². The molecule has 2 aromatic rings. The lowest BCUT2D eigenvalue weighted by atomic mass is 10.1. The van der Waals surface area contributed by atoms with Gasteiger partial charge < -0.3 is 8.99 Å². The minimum Gasteiger partial charge on any atom is -0.409 e. The van der Waals surface area contributed by atoms with Gasteiger partial charge in [0.15, 0.2) is 8.32 Å². The molecule has 2 rings (SSSR count). The molecule has 23 heavy (non-hydrogen) atoms. The quantitative estimate of drug-likeness (QED) is 0.590. The smallest absolute Gasteiger partial charge is 0.184 e. The summed E-state index contributed by atoms with van der Waals surface area (Å²) in [7, 11) is 0.350. The van der Waals surface area contributed by atoms with Gasteiger partial charge in [0.25, 0.3) is 0 Å². The minimum absolute atomic E-state index is 0.00170. The highest BCUT2D eigenvalue weighted by Crippen LogP contribution is 2.23. The van der Waals surface area contributed by atoms with Crippen LogP contribution in [0.1, 0.15) is 30.0 Å². The number of aliphatic imine (C=N–C) groups is 1. The van der Waals surface area contributed by atoms with E-state index >= 15 is 0 Å². The maximum Gasteiger partial charge on any atom is 0.184 e. The minimum atomic E-state index is -1.65. The predicted octanol–water partition coefficient (Wildman–Crippen LogP) is 4.13. The summed E-state index contributed by atoms with van der Waals surface area (Å²) in [5.41, 5.74) is 4.24. The van der Waals surface area contributed by atoms with E-state index in [0.717, 1.165) is 17.1 Å². The highest BCUT2D eigenvalue weighted by atomic mass is 28.4. The molecule has 1 aromatic carbocycles. The van der Waals surface area contributed by atoms with Gasteiger partial charge >= 0.3 is 0 Å². The van der Waals surface area contributed by atoms with Crippen LogP contribution in [0.15, 0.2) is 41.7 Å². The summed E-state index contributed by atoms with van der Waals surface area (Å²) < 4.78 is 8.37. The number of benzene rings is 1. The molecule has 1 unspecified atom stereocenters. The Kier molecular flexibility index (Phi) is 5.54. The van der Waals surface area contributed by atoms with Crippen molar-refractivity contribution < 1.29 is 4.43 Å². The third-order valence-electron chi connectivity index (χ3n) is 3.74. The zero-order valence-electron chi connectivity index (χ0n) is 15.0. The SMILES string of the molecule is CC(=NCC(O[Si](C)(C)C)c1ccccc1)c1ncn(C)c1C. The normalized spacial score (nSPS) is 14.1. The second-order valence-corrected chi connectivity index (χ2v) is 11.3. The summed E-state index contributed by atoms with van der Waals surface area (Å²) in [5.74, 6) is 0. The largest absolute Gasteiger partial charge is 0.409 e. The van der Waals surface area contributed by atoms with Gasteiger partial charge in [-0.05, 0) is 39.1 Å². The van der Waals surface area contributed by atoms with Crippen LogP contribution in [0.3, 0.4) is 0 Å². The van der Waals surface area contributed by atoms with Gasteiger partial charge in [0.05, 0.1) is 24.7 Å². The first-order chi connectivity index (χ1) is 10.8. The first kappa shape index (κ1) is 17.6. The molecule has 124 valence electrons. The van der Waals surface area contributed by atoms with Crippen LogP contribution in [0.4, 0.5) is 0 Å². The van der Waals surface area contributed by atoms with Crippen molar-refractivity contribution in [2.45, 2.75) is 39.6 Å². The zero-order valence-corrected chi connectivity index (χ0v) is 16.0. The van der Waals surface area contributed by atoms with Gasteiger partial charge in [-0.1, -0.05) is 30.3 Å². The molecule has 0 fully saturated rings. The van der Waals surface area contributed by atoms with Gasteiger partial charge in [-0.25, -0.2) is 4.98 Å². The van der Waals surface area contributed by atoms with Crippen LogP contribution >= 0.6 is 0 Å². The molecule has 0 saturated heterocycles. The van der Waals surface area contributed by atoms with Crippen LogP contribution in [0.2, 0.25) is 19.6 Å². The first-order valence-corrected chi connectivity index (χ1v) is 11.4. The topological polar surface area (TPSA) is 39.4 Å². The number of imidazole rings is 1. The Labute approximate surface area is 140 Å². The van der Waals surface area contributed by atoms with Gasteiger partial charge in [0, 0.05) is 12.7 Å². The zero-order chi connectivity index (χ0) is 17.0. The average molecular weight is 330 g/mol. The monoisotopic (exact) mass is 329 g/mol. The molecule has 0 spiro atoms. The highest BCUT2D eigenvalue weighted by molar-refractivity contribution is 6.69. The maximum absolute atomic E-state index is 6.35. The fraction of sp³-hybridized carbons (Fsp3) is 0.444. The summed E-state index contributed by atoms with van der Waals surface area (Å²) in [5, 5.41) is 0. The molecule has 1 heterocycles. The van der Waals surface area contributed by atoms with Gasteiger partial charge in [-0.15, -0.1) is 0 Å². The molecule has 0 aliphatic rings. The van der Waals surface area contributed by atoms with Crippen molar-refractivity contribution in [3.63, 3.8) is 0 Å². The van der Waals surface area contributed by atoms with Crippen molar-refractivity contribution in [2.24, 2.45) is 12.0 Å². The molecule has 1 atom stereocenters. The second kappa shape index (κ2) is 7.23. The van der Waals surface area contributed by atoms with E-state index in [1.165, 1.54) is 5.56 Å². The molecule has 0 aliphatic heterocycles. The Morgan fingerprint density at radius 2 is 1.91 bits per heavy atom. The van der Waals surface area contributed by atoms with E-state index < -0.39 is 8.32 Å². The number of aromatic nitrogens is 2. The summed E-state index contributed by atoms with van der Waals surface area (Å²) in [4.78, 5) is 9.21. The second-order valence-electron chi connectivity index (χ2n) is 6.85. The Balaban J connectivity index is 2.21. The standard InChI is InChI=1S/C18H27N3OSi/c1-14(18-15(2)21(3)13-20-18)19-12-17(22-23(4,5)6)16-10-8-7-9-11-16/h7-11,13,17H,12H2,1-6H3. The fourth-order valence-corrected chi connectivity index (χ4v) is 3.51. The van der Waals surface area contributed by atoms with Crippen molar-refractivity contribution >= 4 is 14.0 Å². The van der Waals surface area contributed by atoms with Crippen LogP contribution < -0.4 is 0 Å². The van der Waals surface area contributed by atoms with Gasteiger partial charge in [0.1, 0.15) is 5.69 Å². The van der Waals surface area contributed by atoms with Gasteiger partial charge in [-0.2, -0.15) is 0 Å². The molecule has 5 heteroatoms. The van der Waals surface area contributed by atoms with Crippen molar-refractivity contribution in [1.29, 1.82) is 0 Å². The lowest BCUT2D eigenvalue weighted by molar-refractivity contribution is 0.207. The highest BCUT2D eigenvalue weighted by Gasteiger charge is 2.22. The number of hydrogen-bond acceptors (Lipinski definition) is 3. The van der Waals surface area contributed by atoms with E-state index in [1.54, 1.807) is 0 Å². The van der Waals surface area contributed by atoms with Crippen LogP contribution in [-0.4, -0.2) is 30.1 Å². The van der Waals surface area contributed by atoms with Crippen molar-refractivity contribution in [3.05, 3.63) is 53.6 Å². The molecular formula is C18H27N3OSi. The van der Waals surface area contributed by atoms with Crippen LogP contribution in [0.25, 0.3) is 0 Å². The molecule has 0 N–H and O–H groups in total. The molecule has 0 aliphatic carbocycles. The van der Waals surface area contributed by atoms with Crippen LogP contribution in [0, 0.1) is 6.92 Å². The van der Waals surface area contributed by atoms with Crippen molar-refractivity contribution in [3.8, 4) is 0 Å². The number of hydrogen-bond donors (Lipinski definition) is 0. The van der Waals surface area contributed by atoms with Gasteiger partial charge in [-0.3, -0.25) is 4.99 Å². The van der Waals surface area contributed by atoms with E-state index in [-0.39, 0.29) is 6.10 Å². The van der Waals surface area contributed by atoms with E-state index in [9.17, 15) is 0 Å². The molecule has 4 nitrogen and oxygen atoms in total. The Bertz CT molecular complexity index is 671.